The molecule has 1 amide bonds. The van der Waals surface area contributed by atoms with E-state index >= 15 is 0 Å². The first kappa shape index (κ1) is 16.2. The summed E-state index contributed by atoms with van der Waals surface area (Å²) in [6, 6.07) is 0.0723. The van der Waals surface area contributed by atoms with Crippen molar-refractivity contribution in [3.05, 3.63) is 0 Å². The minimum Gasteiger partial charge on any atom is -0.444 e. The fraction of sp³-hybridized carbons (Fsp3) is 0.929. The molecule has 0 saturated carbocycles. The van der Waals surface area contributed by atoms with Crippen LogP contribution in [0.5, 0.6) is 0 Å². The van der Waals surface area contributed by atoms with Crippen molar-refractivity contribution in [1.82, 2.24) is 10.2 Å². The molecule has 4 nitrogen and oxygen atoms in total. The summed E-state index contributed by atoms with van der Waals surface area (Å²) >= 11 is 0. The van der Waals surface area contributed by atoms with Gasteiger partial charge in [-0.05, 0) is 60.0 Å². The summed E-state index contributed by atoms with van der Waals surface area (Å²) in [6.45, 7) is 8.91. The van der Waals surface area contributed by atoms with E-state index in [0.29, 0.717) is 0 Å². The number of nitrogens with one attached hydrogen (secondary N) is 1. The van der Waals surface area contributed by atoms with Crippen molar-refractivity contribution in [2.45, 2.75) is 64.8 Å². The minimum absolute atomic E-state index is 0.0723. The number of nitrogens with zero attached hydrogens (tertiary/aromatic N) is 1. The van der Waals surface area contributed by atoms with E-state index in [9.17, 15) is 9.18 Å². The van der Waals surface area contributed by atoms with E-state index in [1.54, 1.807) is 4.90 Å². The van der Waals surface area contributed by atoms with Crippen LogP contribution in [0.2, 0.25) is 0 Å². The molecule has 5 heteroatoms. The maximum Gasteiger partial charge on any atom is 0.410 e. The van der Waals surface area contributed by atoms with Crippen LogP contribution in [0.15, 0.2) is 0 Å². The summed E-state index contributed by atoms with van der Waals surface area (Å²) in [5, 5.41) is 3.30. The van der Waals surface area contributed by atoms with Gasteiger partial charge < -0.3 is 15.0 Å². The number of hydrogen-bond donors (Lipinski definition) is 1. The second-order valence-corrected chi connectivity index (χ2v) is 6.25. The SMILES string of the molecule is CC(F)CN(C(=O)OC(C)(C)C)C1CCCNCC1. The molecule has 2 unspecified atom stereocenters. The molecule has 0 bridgehead atoms. The summed E-state index contributed by atoms with van der Waals surface area (Å²) in [4.78, 5) is 13.8. The molecule has 1 aliphatic heterocycles. The molecule has 19 heavy (non-hydrogen) atoms. The molecule has 1 aliphatic rings. The number of hydrogen-bond acceptors (Lipinski definition) is 3. The zero-order valence-electron chi connectivity index (χ0n) is 12.5. The Kier molecular flexibility index (Phi) is 6.04. The molecular formula is C14H27FN2O2. The van der Waals surface area contributed by atoms with Gasteiger partial charge in [-0.15, -0.1) is 0 Å². The first-order valence-electron chi connectivity index (χ1n) is 7.14. The van der Waals surface area contributed by atoms with Crippen LogP contribution < -0.4 is 5.32 Å². The molecule has 1 rings (SSSR count). The van der Waals surface area contributed by atoms with Crippen molar-refractivity contribution >= 4 is 6.09 Å². The average Bonchev–Trinajstić information content (AvgIpc) is 2.51. The van der Waals surface area contributed by atoms with Crippen LogP contribution in [0.4, 0.5) is 9.18 Å². The van der Waals surface area contributed by atoms with Gasteiger partial charge in [-0.2, -0.15) is 0 Å². The maximum absolute atomic E-state index is 13.3. The van der Waals surface area contributed by atoms with Gasteiger partial charge in [0.05, 0.1) is 6.54 Å². The normalized spacial score (nSPS) is 22.5. The van der Waals surface area contributed by atoms with Crippen molar-refractivity contribution in [2.75, 3.05) is 19.6 Å². The molecule has 1 saturated heterocycles. The second kappa shape index (κ2) is 7.08. The van der Waals surface area contributed by atoms with Crippen LogP contribution in [0.25, 0.3) is 0 Å². The number of rotatable bonds is 3. The summed E-state index contributed by atoms with van der Waals surface area (Å²) in [5.41, 5.74) is -0.544. The van der Waals surface area contributed by atoms with E-state index in [-0.39, 0.29) is 12.6 Å². The molecule has 0 aromatic rings. The number of amides is 1. The van der Waals surface area contributed by atoms with Gasteiger partial charge in [0.25, 0.3) is 0 Å². The van der Waals surface area contributed by atoms with Crippen molar-refractivity contribution in [3.8, 4) is 0 Å². The van der Waals surface area contributed by atoms with Crippen LogP contribution in [0.1, 0.15) is 47.0 Å². The van der Waals surface area contributed by atoms with Gasteiger partial charge in [0.1, 0.15) is 11.8 Å². The number of halogens is 1. The fourth-order valence-corrected chi connectivity index (χ4v) is 2.28. The Morgan fingerprint density at radius 2 is 2.11 bits per heavy atom. The van der Waals surface area contributed by atoms with Crippen LogP contribution in [0.3, 0.4) is 0 Å². The standard InChI is InChI=1S/C14H27FN2O2/c1-11(15)10-17(13(18)19-14(2,3)4)12-6-5-8-16-9-7-12/h11-12,16H,5-10H2,1-4H3. The lowest BCUT2D eigenvalue weighted by Gasteiger charge is -2.33. The Balaban J connectivity index is 2.71. The molecule has 0 aliphatic carbocycles. The lowest BCUT2D eigenvalue weighted by Crippen LogP contribution is -2.46. The molecule has 0 spiro atoms. The van der Waals surface area contributed by atoms with E-state index in [1.807, 2.05) is 20.8 Å². The van der Waals surface area contributed by atoms with E-state index in [0.717, 1.165) is 32.4 Å². The highest BCUT2D eigenvalue weighted by molar-refractivity contribution is 5.68. The van der Waals surface area contributed by atoms with E-state index in [4.69, 9.17) is 4.74 Å². The summed E-state index contributed by atoms with van der Waals surface area (Å²) < 4.78 is 18.7. The second-order valence-electron chi connectivity index (χ2n) is 6.25. The molecule has 0 aromatic heterocycles. The van der Waals surface area contributed by atoms with Gasteiger partial charge in [-0.25, -0.2) is 9.18 Å². The van der Waals surface area contributed by atoms with Gasteiger partial charge >= 0.3 is 6.09 Å². The van der Waals surface area contributed by atoms with Gasteiger partial charge in [0, 0.05) is 6.04 Å². The number of alkyl halides is 1. The van der Waals surface area contributed by atoms with Gasteiger partial charge in [0.15, 0.2) is 0 Å². The lowest BCUT2D eigenvalue weighted by molar-refractivity contribution is 0.00984. The third-order valence-corrected chi connectivity index (χ3v) is 3.06. The van der Waals surface area contributed by atoms with Crippen molar-refractivity contribution in [1.29, 1.82) is 0 Å². The Hall–Kier alpha value is -0.840. The Bertz CT molecular complexity index is 282. The number of ether oxygens (including phenoxy) is 1. The Morgan fingerprint density at radius 1 is 1.42 bits per heavy atom. The molecule has 2 atom stereocenters. The number of carbonyl (C=O) groups is 1. The summed E-state index contributed by atoms with van der Waals surface area (Å²) in [7, 11) is 0. The van der Waals surface area contributed by atoms with E-state index in [2.05, 4.69) is 5.32 Å². The molecule has 0 radical (unpaired) electrons. The number of carbonyl (C=O) groups excluding carboxylic acids is 1. The molecule has 1 N–H and O–H groups in total. The van der Waals surface area contributed by atoms with Crippen molar-refractivity contribution < 1.29 is 13.9 Å². The Morgan fingerprint density at radius 3 is 2.68 bits per heavy atom. The minimum atomic E-state index is -1.04. The third kappa shape index (κ3) is 6.23. The van der Waals surface area contributed by atoms with E-state index in [1.165, 1.54) is 6.92 Å². The third-order valence-electron chi connectivity index (χ3n) is 3.06. The quantitative estimate of drug-likeness (QED) is 0.860. The van der Waals surface area contributed by atoms with Crippen LogP contribution >= 0.6 is 0 Å². The first-order valence-corrected chi connectivity index (χ1v) is 7.14. The zero-order valence-corrected chi connectivity index (χ0v) is 12.5. The molecule has 1 heterocycles. The van der Waals surface area contributed by atoms with Crippen LogP contribution in [-0.4, -0.2) is 48.4 Å². The zero-order chi connectivity index (χ0) is 14.5. The van der Waals surface area contributed by atoms with Gasteiger partial charge in [-0.1, -0.05) is 0 Å². The predicted octanol–water partition coefficient (Wildman–Crippen LogP) is 2.72. The van der Waals surface area contributed by atoms with Crippen LogP contribution in [0, 0.1) is 0 Å². The van der Waals surface area contributed by atoms with Crippen LogP contribution in [-0.2, 0) is 4.74 Å². The molecule has 112 valence electrons. The van der Waals surface area contributed by atoms with E-state index < -0.39 is 17.9 Å². The predicted molar refractivity (Wildman–Crippen MR) is 74.0 cm³/mol. The molecular weight excluding hydrogens is 247 g/mol. The van der Waals surface area contributed by atoms with Gasteiger partial charge in [-0.3, -0.25) is 0 Å². The molecule has 0 aromatic carbocycles. The van der Waals surface area contributed by atoms with Crippen molar-refractivity contribution in [3.63, 3.8) is 0 Å². The topological polar surface area (TPSA) is 41.6 Å². The highest BCUT2D eigenvalue weighted by Crippen LogP contribution is 2.18. The summed E-state index contributed by atoms with van der Waals surface area (Å²) in [6.07, 6.45) is 1.32. The maximum atomic E-state index is 13.3. The first-order chi connectivity index (χ1) is 8.79. The molecule has 1 fully saturated rings. The van der Waals surface area contributed by atoms with Gasteiger partial charge in [0.2, 0.25) is 0 Å². The Labute approximate surface area is 115 Å². The lowest BCUT2D eigenvalue weighted by atomic mass is 10.1. The highest BCUT2D eigenvalue weighted by atomic mass is 19.1. The average molecular weight is 274 g/mol. The van der Waals surface area contributed by atoms with Crippen molar-refractivity contribution in [2.24, 2.45) is 0 Å². The summed E-state index contributed by atoms with van der Waals surface area (Å²) in [5.74, 6) is 0. The largest absolute Gasteiger partial charge is 0.444 e. The smallest absolute Gasteiger partial charge is 0.410 e. The highest BCUT2D eigenvalue weighted by Gasteiger charge is 2.29. The monoisotopic (exact) mass is 274 g/mol. The fourth-order valence-electron chi connectivity index (χ4n) is 2.28.